The molecule has 0 saturated carbocycles. The summed E-state index contributed by atoms with van der Waals surface area (Å²) in [5.41, 5.74) is 2.25. The standard InChI is InChI=1S/C29H50O3S/c1-5-6-7-8-9-10-11-12-13-14-15-16-17-18-19-20-21-32-28(31)29(4,33)26-22-24(2)27(30)25(3)23-26/h22-23,30,33H,5-21H2,1-4H3. The summed E-state index contributed by atoms with van der Waals surface area (Å²) in [7, 11) is 0. The van der Waals surface area contributed by atoms with Gasteiger partial charge in [-0.1, -0.05) is 115 Å². The third kappa shape index (κ3) is 12.2. The highest BCUT2D eigenvalue weighted by Gasteiger charge is 2.33. The summed E-state index contributed by atoms with van der Waals surface area (Å²) in [5.74, 6) is -0.0549. The summed E-state index contributed by atoms with van der Waals surface area (Å²) in [4.78, 5) is 12.6. The van der Waals surface area contributed by atoms with E-state index in [2.05, 4.69) is 19.6 Å². The van der Waals surface area contributed by atoms with E-state index in [4.69, 9.17) is 4.74 Å². The van der Waals surface area contributed by atoms with Crippen molar-refractivity contribution in [3.8, 4) is 5.75 Å². The summed E-state index contributed by atoms with van der Waals surface area (Å²) in [6.45, 7) is 8.15. The van der Waals surface area contributed by atoms with Gasteiger partial charge in [0.25, 0.3) is 0 Å². The maximum atomic E-state index is 12.6. The van der Waals surface area contributed by atoms with Gasteiger partial charge < -0.3 is 9.84 Å². The molecule has 190 valence electrons. The van der Waals surface area contributed by atoms with E-state index in [9.17, 15) is 9.90 Å². The molecule has 0 bridgehead atoms. The number of phenols is 1. The van der Waals surface area contributed by atoms with Crippen LogP contribution in [0.3, 0.4) is 0 Å². The number of unbranched alkanes of at least 4 members (excludes halogenated alkanes) is 15. The number of thiol groups is 1. The van der Waals surface area contributed by atoms with Gasteiger partial charge in [0.15, 0.2) is 0 Å². The Morgan fingerprint density at radius 2 is 1.15 bits per heavy atom. The molecule has 0 heterocycles. The van der Waals surface area contributed by atoms with Crippen LogP contribution in [0.2, 0.25) is 0 Å². The number of benzene rings is 1. The minimum Gasteiger partial charge on any atom is -0.507 e. The first-order chi connectivity index (χ1) is 15.8. The van der Waals surface area contributed by atoms with E-state index in [0.717, 1.165) is 29.5 Å². The van der Waals surface area contributed by atoms with Crippen LogP contribution in [0.1, 0.15) is 133 Å². The van der Waals surface area contributed by atoms with E-state index in [0.29, 0.717) is 6.61 Å². The predicted octanol–water partition coefficient (Wildman–Crippen LogP) is 8.96. The molecule has 4 heteroatoms. The number of hydrogen-bond donors (Lipinski definition) is 2. The lowest BCUT2D eigenvalue weighted by Crippen LogP contribution is -2.29. The van der Waals surface area contributed by atoms with Crippen molar-refractivity contribution in [2.75, 3.05) is 6.61 Å². The number of aryl methyl sites for hydroxylation is 2. The Hall–Kier alpha value is -1.16. The highest BCUT2D eigenvalue weighted by molar-refractivity contribution is 7.82. The Labute approximate surface area is 209 Å². The van der Waals surface area contributed by atoms with Gasteiger partial charge in [-0.25, -0.2) is 0 Å². The first kappa shape index (κ1) is 29.9. The van der Waals surface area contributed by atoms with Gasteiger partial charge >= 0.3 is 5.97 Å². The van der Waals surface area contributed by atoms with Crippen LogP contribution in [0.25, 0.3) is 0 Å². The van der Waals surface area contributed by atoms with Gasteiger partial charge in [0.1, 0.15) is 10.5 Å². The maximum Gasteiger partial charge on any atom is 0.326 e. The van der Waals surface area contributed by atoms with Crippen molar-refractivity contribution < 1.29 is 14.6 Å². The molecule has 3 nitrogen and oxygen atoms in total. The molecule has 0 aromatic heterocycles. The number of ether oxygens (including phenoxy) is 1. The van der Waals surface area contributed by atoms with E-state index < -0.39 is 4.75 Å². The zero-order chi connectivity index (χ0) is 24.5. The van der Waals surface area contributed by atoms with Gasteiger partial charge in [0.2, 0.25) is 0 Å². The van der Waals surface area contributed by atoms with Crippen LogP contribution >= 0.6 is 12.6 Å². The van der Waals surface area contributed by atoms with Crippen LogP contribution in [-0.2, 0) is 14.3 Å². The Bertz CT molecular complexity index is 646. The largest absolute Gasteiger partial charge is 0.507 e. The maximum absolute atomic E-state index is 12.6. The Morgan fingerprint density at radius 3 is 1.55 bits per heavy atom. The average Bonchev–Trinajstić information content (AvgIpc) is 2.78. The number of phenolic OH excluding ortho intramolecular Hbond substituents is 1. The SMILES string of the molecule is CCCCCCCCCCCCCCCCCCOC(=O)C(C)(S)c1cc(C)c(O)c(C)c1. The van der Waals surface area contributed by atoms with Gasteiger partial charge in [-0.2, -0.15) is 12.6 Å². The fourth-order valence-electron chi connectivity index (χ4n) is 4.31. The third-order valence-electron chi connectivity index (χ3n) is 6.68. The smallest absolute Gasteiger partial charge is 0.326 e. The van der Waals surface area contributed by atoms with Crippen molar-refractivity contribution in [2.45, 2.75) is 135 Å². The fourth-order valence-corrected chi connectivity index (χ4v) is 4.50. The normalized spacial score (nSPS) is 13.1. The lowest BCUT2D eigenvalue weighted by Gasteiger charge is -2.23. The average molecular weight is 479 g/mol. The molecule has 0 amide bonds. The lowest BCUT2D eigenvalue weighted by molar-refractivity contribution is -0.146. The molecule has 0 radical (unpaired) electrons. The Kier molecular flexibility index (Phi) is 15.7. The second-order valence-corrected chi connectivity index (χ2v) is 10.9. The number of hydrogen-bond acceptors (Lipinski definition) is 4. The first-order valence-corrected chi connectivity index (χ1v) is 14.0. The Balaban J connectivity index is 2.01. The molecule has 1 atom stereocenters. The summed E-state index contributed by atoms with van der Waals surface area (Å²) in [6.07, 6.45) is 21.2. The quantitative estimate of drug-likeness (QED) is 0.118. The second-order valence-electron chi connectivity index (χ2n) is 9.97. The molecule has 0 aliphatic rings. The van der Waals surface area contributed by atoms with E-state index in [1.165, 1.54) is 89.9 Å². The topological polar surface area (TPSA) is 46.5 Å². The van der Waals surface area contributed by atoms with Crippen LogP contribution in [0.15, 0.2) is 12.1 Å². The molecule has 0 aliphatic carbocycles. The first-order valence-electron chi connectivity index (χ1n) is 13.5. The molecule has 1 rings (SSSR count). The van der Waals surface area contributed by atoms with Crippen LogP contribution in [0.4, 0.5) is 0 Å². The number of carbonyl (C=O) groups is 1. The molecular formula is C29H50O3S. The van der Waals surface area contributed by atoms with E-state index in [-0.39, 0.29) is 11.7 Å². The Morgan fingerprint density at radius 1 is 0.788 bits per heavy atom. The van der Waals surface area contributed by atoms with Crippen LogP contribution in [0.5, 0.6) is 5.75 Å². The van der Waals surface area contributed by atoms with Crippen molar-refractivity contribution in [3.05, 3.63) is 28.8 Å². The number of esters is 1. The third-order valence-corrected chi connectivity index (χ3v) is 7.12. The van der Waals surface area contributed by atoms with Gasteiger partial charge in [0, 0.05) is 0 Å². The molecular weight excluding hydrogens is 428 g/mol. The highest BCUT2D eigenvalue weighted by atomic mass is 32.1. The second kappa shape index (κ2) is 17.3. The fraction of sp³-hybridized carbons (Fsp3) is 0.759. The zero-order valence-electron chi connectivity index (χ0n) is 21.9. The zero-order valence-corrected chi connectivity index (χ0v) is 22.8. The predicted molar refractivity (Wildman–Crippen MR) is 144 cm³/mol. The molecule has 0 saturated heterocycles. The summed E-state index contributed by atoms with van der Waals surface area (Å²) in [5, 5.41) is 9.96. The molecule has 0 aliphatic heterocycles. The van der Waals surface area contributed by atoms with Crippen LogP contribution in [0, 0.1) is 13.8 Å². The van der Waals surface area contributed by atoms with Crippen molar-refractivity contribution in [1.82, 2.24) is 0 Å². The molecule has 1 unspecified atom stereocenters. The molecule has 33 heavy (non-hydrogen) atoms. The molecule has 1 aromatic carbocycles. The minimum absolute atomic E-state index is 0.268. The number of carbonyl (C=O) groups excluding carboxylic acids is 1. The van der Waals surface area contributed by atoms with E-state index >= 15 is 0 Å². The van der Waals surface area contributed by atoms with Gasteiger partial charge in [-0.05, 0) is 43.9 Å². The minimum atomic E-state index is -1.02. The van der Waals surface area contributed by atoms with Crippen molar-refractivity contribution >= 4 is 18.6 Å². The molecule has 1 N–H and O–H groups in total. The van der Waals surface area contributed by atoms with Gasteiger partial charge in [0.05, 0.1) is 6.61 Å². The number of aromatic hydroxyl groups is 1. The lowest BCUT2D eigenvalue weighted by atomic mass is 9.95. The number of rotatable bonds is 19. The highest BCUT2D eigenvalue weighted by Crippen LogP contribution is 2.34. The van der Waals surface area contributed by atoms with E-state index in [1.807, 2.05) is 26.0 Å². The van der Waals surface area contributed by atoms with Crippen molar-refractivity contribution in [2.24, 2.45) is 0 Å². The molecule has 0 fully saturated rings. The van der Waals surface area contributed by atoms with E-state index in [1.54, 1.807) is 6.92 Å². The van der Waals surface area contributed by atoms with Crippen molar-refractivity contribution in [1.29, 1.82) is 0 Å². The van der Waals surface area contributed by atoms with Gasteiger partial charge in [-0.15, -0.1) is 0 Å². The van der Waals surface area contributed by atoms with Crippen molar-refractivity contribution in [3.63, 3.8) is 0 Å². The monoisotopic (exact) mass is 478 g/mol. The summed E-state index contributed by atoms with van der Waals surface area (Å²) < 4.78 is 4.50. The van der Waals surface area contributed by atoms with Crippen LogP contribution < -0.4 is 0 Å². The molecule has 1 aromatic rings. The van der Waals surface area contributed by atoms with Gasteiger partial charge in [-0.3, -0.25) is 4.79 Å². The summed E-state index contributed by atoms with van der Waals surface area (Å²) in [6, 6.07) is 3.62. The van der Waals surface area contributed by atoms with Crippen LogP contribution in [-0.4, -0.2) is 17.7 Å². The summed E-state index contributed by atoms with van der Waals surface area (Å²) >= 11 is 4.58. The molecule has 0 spiro atoms.